The maximum absolute atomic E-state index is 11.4. The monoisotopic (exact) mass is 208 g/mol. The second-order valence-electron chi connectivity index (χ2n) is 3.00. The summed E-state index contributed by atoms with van der Waals surface area (Å²) >= 11 is 0. The smallest absolute Gasteiger partial charge is 0.324 e. The van der Waals surface area contributed by atoms with Crippen molar-refractivity contribution in [2.75, 3.05) is 19.0 Å². The van der Waals surface area contributed by atoms with Gasteiger partial charge >= 0.3 is 5.97 Å². The highest BCUT2D eigenvalue weighted by Gasteiger charge is 2.35. The summed E-state index contributed by atoms with van der Waals surface area (Å²) in [5, 5.41) is 8.57. The fourth-order valence-corrected chi connectivity index (χ4v) is 1.66. The van der Waals surface area contributed by atoms with Crippen LogP contribution in [0.2, 0.25) is 0 Å². The zero-order valence-electron chi connectivity index (χ0n) is 8.20. The largest absolute Gasteiger partial charge is 0.465 e. The number of ether oxygens (including phenoxy) is 1. The second kappa shape index (κ2) is 5.34. The Hall–Kier alpha value is -0.420. The van der Waals surface area contributed by atoms with Gasteiger partial charge in [-0.25, -0.2) is 0 Å². The summed E-state index contributed by atoms with van der Waals surface area (Å²) in [4.78, 5) is 11.3. The lowest BCUT2D eigenvalue weighted by Crippen LogP contribution is -2.40. The molecule has 0 saturated heterocycles. The summed E-state index contributed by atoms with van der Waals surface area (Å²) in [5.74, 6) is -0.381. The van der Waals surface area contributed by atoms with Crippen LogP contribution in [-0.2, 0) is 20.3 Å². The minimum atomic E-state index is -1.39. The molecule has 0 aromatic rings. The molecule has 4 nitrogen and oxygen atoms in total. The minimum absolute atomic E-state index is 0.103. The van der Waals surface area contributed by atoms with Crippen molar-refractivity contribution >= 4 is 16.8 Å². The lowest BCUT2D eigenvalue weighted by atomic mass is 10.2. The summed E-state index contributed by atoms with van der Waals surface area (Å²) < 4.78 is 15.2. The van der Waals surface area contributed by atoms with Crippen molar-refractivity contribution in [1.82, 2.24) is 0 Å². The molecule has 5 heteroatoms. The van der Waals surface area contributed by atoms with Crippen LogP contribution in [0.25, 0.3) is 0 Å². The molecule has 0 aromatic heterocycles. The first-order valence-corrected chi connectivity index (χ1v) is 5.45. The number of hydrogen-bond donors (Lipinski definition) is 1. The molecule has 78 valence electrons. The highest BCUT2D eigenvalue weighted by Crippen LogP contribution is 2.15. The molecular weight excluding hydrogens is 192 g/mol. The van der Waals surface area contributed by atoms with Crippen molar-refractivity contribution in [1.29, 1.82) is 0 Å². The first kappa shape index (κ1) is 12.6. The molecule has 0 amide bonds. The van der Waals surface area contributed by atoms with Crippen LogP contribution in [-0.4, -0.2) is 39.0 Å². The Morgan fingerprint density at radius 2 is 2.08 bits per heavy atom. The number of esters is 1. The molecule has 0 aliphatic carbocycles. The number of carbonyl (C=O) groups is 1. The highest BCUT2D eigenvalue weighted by atomic mass is 32.2. The van der Waals surface area contributed by atoms with Gasteiger partial charge < -0.3 is 9.84 Å². The Morgan fingerprint density at radius 3 is 2.46 bits per heavy atom. The van der Waals surface area contributed by atoms with Crippen LogP contribution in [0.1, 0.15) is 20.8 Å². The predicted molar refractivity (Wildman–Crippen MR) is 50.8 cm³/mol. The molecular formula is C8H16O4S. The number of hydrogen-bond acceptors (Lipinski definition) is 4. The van der Waals surface area contributed by atoms with E-state index >= 15 is 0 Å². The van der Waals surface area contributed by atoms with Gasteiger partial charge in [0.25, 0.3) is 0 Å². The molecule has 13 heavy (non-hydrogen) atoms. The lowest BCUT2D eigenvalue weighted by Gasteiger charge is -2.20. The predicted octanol–water partition coefficient (Wildman–Crippen LogP) is 0.0691. The average Bonchev–Trinajstić information content (AvgIpc) is 2.05. The minimum Gasteiger partial charge on any atom is -0.465 e. The molecule has 1 unspecified atom stereocenters. The van der Waals surface area contributed by atoms with Crippen molar-refractivity contribution in [2.24, 2.45) is 0 Å². The molecule has 0 heterocycles. The number of rotatable bonds is 5. The van der Waals surface area contributed by atoms with Gasteiger partial charge in [-0.15, -0.1) is 0 Å². The van der Waals surface area contributed by atoms with E-state index in [0.717, 1.165) is 0 Å². The fraction of sp³-hybridized carbons (Fsp3) is 0.875. The summed E-state index contributed by atoms with van der Waals surface area (Å²) in [6.45, 7) is 4.89. The van der Waals surface area contributed by atoms with E-state index < -0.39 is 21.5 Å². The van der Waals surface area contributed by atoms with Gasteiger partial charge in [0.05, 0.1) is 13.2 Å². The molecule has 1 N–H and O–H groups in total. The Kier molecular flexibility index (Phi) is 5.17. The first-order valence-electron chi connectivity index (χ1n) is 4.13. The fourth-order valence-electron chi connectivity index (χ4n) is 0.736. The van der Waals surface area contributed by atoms with Crippen LogP contribution in [0, 0.1) is 0 Å². The van der Waals surface area contributed by atoms with Crippen LogP contribution in [0.4, 0.5) is 0 Å². The zero-order chi connectivity index (χ0) is 10.5. The van der Waals surface area contributed by atoms with Gasteiger partial charge in [0, 0.05) is 16.6 Å². The molecule has 0 aliphatic rings. The van der Waals surface area contributed by atoms with Gasteiger partial charge in [-0.05, 0) is 20.8 Å². The van der Waals surface area contributed by atoms with E-state index in [4.69, 9.17) is 9.84 Å². The Morgan fingerprint density at radius 1 is 1.54 bits per heavy atom. The third-order valence-electron chi connectivity index (χ3n) is 1.61. The SMILES string of the molecule is CCOC(=O)C(C)(C)S(=O)CCO. The Balaban J connectivity index is 4.36. The first-order chi connectivity index (χ1) is 5.96. The van der Waals surface area contributed by atoms with Crippen LogP contribution < -0.4 is 0 Å². The average molecular weight is 208 g/mol. The standard InChI is InChI=1S/C8H16O4S/c1-4-12-7(10)8(2,3)13(11)6-5-9/h9H,4-6H2,1-3H3. The molecule has 0 aliphatic heterocycles. The van der Waals surface area contributed by atoms with E-state index in [-0.39, 0.29) is 19.0 Å². The number of carbonyl (C=O) groups excluding carboxylic acids is 1. The maximum Gasteiger partial charge on any atom is 0.324 e. The van der Waals surface area contributed by atoms with E-state index in [0.29, 0.717) is 0 Å². The summed E-state index contributed by atoms with van der Waals surface area (Å²) in [6, 6.07) is 0. The lowest BCUT2D eigenvalue weighted by molar-refractivity contribution is -0.145. The van der Waals surface area contributed by atoms with Gasteiger partial charge in [-0.3, -0.25) is 9.00 Å². The third-order valence-corrected chi connectivity index (χ3v) is 3.47. The molecule has 0 bridgehead atoms. The van der Waals surface area contributed by atoms with E-state index in [2.05, 4.69) is 0 Å². The Bertz CT molecular complexity index is 180. The van der Waals surface area contributed by atoms with E-state index in [9.17, 15) is 9.00 Å². The number of aliphatic hydroxyl groups is 1. The molecule has 0 fully saturated rings. The van der Waals surface area contributed by atoms with Crippen LogP contribution in [0.5, 0.6) is 0 Å². The van der Waals surface area contributed by atoms with Gasteiger partial charge in [0.15, 0.2) is 0 Å². The quantitative estimate of drug-likeness (QED) is 0.649. The van der Waals surface area contributed by atoms with Crippen molar-refractivity contribution in [2.45, 2.75) is 25.5 Å². The van der Waals surface area contributed by atoms with Crippen molar-refractivity contribution in [3.63, 3.8) is 0 Å². The molecule has 1 atom stereocenters. The Labute approximate surface area is 80.7 Å². The second-order valence-corrected chi connectivity index (χ2v) is 5.12. The van der Waals surface area contributed by atoms with Crippen molar-refractivity contribution in [3.05, 3.63) is 0 Å². The van der Waals surface area contributed by atoms with E-state index in [1.807, 2.05) is 0 Å². The molecule has 0 spiro atoms. The van der Waals surface area contributed by atoms with E-state index in [1.165, 1.54) is 0 Å². The molecule has 0 rings (SSSR count). The van der Waals surface area contributed by atoms with Crippen molar-refractivity contribution in [3.8, 4) is 0 Å². The summed E-state index contributed by atoms with van der Waals surface area (Å²) in [6.07, 6.45) is 0. The maximum atomic E-state index is 11.4. The normalized spacial score (nSPS) is 13.8. The van der Waals surface area contributed by atoms with Crippen molar-refractivity contribution < 1.29 is 18.8 Å². The van der Waals surface area contributed by atoms with Gasteiger partial charge in [0.2, 0.25) is 0 Å². The molecule has 0 radical (unpaired) electrons. The van der Waals surface area contributed by atoms with Gasteiger partial charge in [0.1, 0.15) is 4.75 Å². The van der Waals surface area contributed by atoms with Gasteiger partial charge in [-0.1, -0.05) is 0 Å². The molecule has 0 aromatic carbocycles. The topological polar surface area (TPSA) is 63.6 Å². The van der Waals surface area contributed by atoms with Crippen LogP contribution in [0.15, 0.2) is 0 Å². The summed E-state index contributed by atoms with van der Waals surface area (Å²) in [5.41, 5.74) is 0. The molecule has 0 saturated carbocycles. The van der Waals surface area contributed by atoms with Crippen LogP contribution in [0.3, 0.4) is 0 Å². The summed E-state index contributed by atoms with van der Waals surface area (Å²) in [7, 11) is -1.39. The number of aliphatic hydroxyl groups excluding tert-OH is 1. The van der Waals surface area contributed by atoms with E-state index in [1.54, 1.807) is 20.8 Å². The van der Waals surface area contributed by atoms with Crippen LogP contribution >= 0.6 is 0 Å². The zero-order valence-corrected chi connectivity index (χ0v) is 9.02. The van der Waals surface area contributed by atoms with Gasteiger partial charge in [-0.2, -0.15) is 0 Å². The third kappa shape index (κ3) is 3.44. The highest BCUT2D eigenvalue weighted by molar-refractivity contribution is 7.87.